The maximum Gasteiger partial charge on any atom is 0.324 e. The monoisotopic (exact) mass is 562 g/mol. The van der Waals surface area contributed by atoms with Gasteiger partial charge in [0.25, 0.3) is 0 Å². The van der Waals surface area contributed by atoms with Gasteiger partial charge in [0.2, 0.25) is 0 Å². The lowest BCUT2D eigenvalue weighted by Gasteiger charge is -2.26. The third kappa shape index (κ3) is 7.27. The van der Waals surface area contributed by atoms with Crippen molar-refractivity contribution >= 4 is 17.5 Å². The minimum Gasteiger partial charge on any atom is -0.457 e. The van der Waals surface area contributed by atoms with Crippen LogP contribution >= 0.6 is 0 Å². The summed E-state index contributed by atoms with van der Waals surface area (Å²) in [6, 6.07) is 8.96. The number of rotatable bonds is 8. The number of carbonyl (C=O) groups is 1. The lowest BCUT2D eigenvalue weighted by molar-refractivity contribution is 0.0360. The second kappa shape index (κ2) is 12.1. The van der Waals surface area contributed by atoms with E-state index in [0.717, 1.165) is 50.7 Å². The van der Waals surface area contributed by atoms with E-state index in [1.54, 1.807) is 48.4 Å². The highest BCUT2D eigenvalue weighted by molar-refractivity contribution is 5.99. The Hall–Kier alpha value is -4.29. The highest BCUT2D eigenvalue weighted by Crippen LogP contribution is 2.28. The molecule has 5 rings (SSSR count). The normalized spacial score (nSPS) is 14.2. The van der Waals surface area contributed by atoms with Gasteiger partial charge < -0.3 is 14.8 Å². The first-order valence-corrected chi connectivity index (χ1v) is 13.5. The molecule has 216 valence electrons. The van der Waals surface area contributed by atoms with Crippen molar-refractivity contribution in [3.05, 3.63) is 66.5 Å². The molecule has 0 saturated carbocycles. The Kier molecular flexibility index (Phi) is 8.31. The Balaban J connectivity index is 1.19. The predicted octanol–water partition coefficient (Wildman–Crippen LogP) is 4.88. The van der Waals surface area contributed by atoms with Gasteiger partial charge in [-0.15, -0.1) is 0 Å². The molecule has 1 aromatic carbocycles. The van der Waals surface area contributed by atoms with Gasteiger partial charge in [0.05, 0.1) is 43.0 Å². The Bertz CT molecular complexity index is 1500. The third-order valence-electron chi connectivity index (χ3n) is 6.72. The van der Waals surface area contributed by atoms with Crippen molar-refractivity contribution in [1.29, 1.82) is 0 Å². The summed E-state index contributed by atoms with van der Waals surface area (Å²) in [7, 11) is 1.74. The highest BCUT2D eigenvalue weighted by atomic mass is 19.1. The number of benzene rings is 1. The molecule has 4 heterocycles. The second-order valence-corrected chi connectivity index (χ2v) is 10.9. The van der Waals surface area contributed by atoms with Crippen LogP contribution in [0.25, 0.3) is 11.3 Å². The number of anilines is 2. The lowest BCUT2D eigenvalue weighted by Crippen LogP contribution is -2.38. The molecule has 2 amide bonds. The molecule has 1 fully saturated rings. The number of morpholine rings is 1. The fourth-order valence-corrected chi connectivity index (χ4v) is 4.34. The van der Waals surface area contributed by atoms with Crippen LogP contribution in [0.1, 0.15) is 26.5 Å². The molecule has 1 aliphatic heterocycles. The summed E-state index contributed by atoms with van der Waals surface area (Å²) < 4.78 is 29.6. The van der Waals surface area contributed by atoms with Crippen LogP contribution in [0.5, 0.6) is 11.5 Å². The van der Waals surface area contributed by atoms with Gasteiger partial charge in [-0.1, -0.05) is 20.8 Å². The van der Waals surface area contributed by atoms with Crippen LogP contribution in [0.3, 0.4) is 0 Å². The Labute approximate surface area is 238 Å². The van der Waals surface area contributed by atoms with E-state index in [2.05, 4.69) is 30.7 Å². The fraction of sp³-hybridized carbons (Fsp3) is 0.379. The number of carbonyl (C=O) groups excluding carboxylic acids is 1. The zero-order valence-electron chi connectivity index (χ0n) is 23.7. The fourth-order valence-electron chi connectivity index (χ4n) is 4.34. The summed E-state index contributed by atoms with van der Waals surface area (Å²) in [5, 5.41) is 14.1. The van der Waals surface area contributed by atoms with Crippen molar-refractivity contribution in [3.8, 4) is 22.8 Å². The molecule has 0 bridgehead atoms. The minimum atomic E-state index is -0.631. The topological polar surface area (TPSA) is 111 Å². The molecular weight excluding hydrogens is 527 g/mol. The van der Waals surface area contributed by atoms with Crippen LogP contribution in [-0.2, 0) is 23.7 Å². The predicted molar refractivity (Wildman–Crippen MR) is 154 cm³/mol. The maximum absolute atomic E-state index is 14.9. The average Bonchev–Trinajstić information content (AvgIpc) is 3.57. The van der Waals surface area contributed by atoms with Gasteiger partial charge in [0.1, 0.15) is 23.1 Å². The Morgan fingerprint density at radius 3 is 2.59 bits per heavy atom. The van der Waals surface area contributed by atoms with Gasteiger partial charge in [-0.2, -0.15) is 10.2 Å². The van der Waals surface area contributed by atoms with E-state index in [0.29, 0.717) is 17.3 Å². The van der Waals surface area contributed by atoms with Crippen LogP contribution in [-0.4, -0.2) is 68.3 Å². The zero-order valence-corrected chi connectivity index (χ0v) is 23.7. The summed E-state index contributed by atoms with van der Waals surface area (Å²) in [5.74, 6) is 0.658. The molecule has 0 unspecified atom stereocenters. The standard InChI is InChI=1S/C29H35FN8O3/c1-29(2,3)26-17-27(36(4)35-26)34-28(39)33-24-6-5-21(15-23(24)30)41-22-7-8-31-25(16-22)20-18-32-38(19-20)10-9-37-11-13-40-14-12-37/h5-8,15-19H,9-14H2,1-4H3,(H2,33,34,39). The average molecular weight is 563 g/mol. The van der Waals surface area contributed by atoms with Crippen molar-refractivity contribution in [1.82, 2.24) is 29.4 Å². The van der Waals surface area contributed by atoms with E-state index in [4.69, 9.17) is 9.47 Å². The number of amides is 2. The number of hydrogen-bond acceptors (Lipinski definition) is 7. The van der Waals surface area contributed by atoms with E-state index in [1.165, 1.54) is 12.1 Å². The quantitative estimate of drug-likeness (QED) is 0.315. The summed E-state index contributed by atoms with van der Waals surface area (Å²) in [6.07, 6.45) is 5.36. The van der Waals surface area contributed by atoms with Crippen LogP contribution in [0.4, 0.5) is 20.7 Å². The van der Waals surface area contributed by atoms with Crippen LogP contribution < -0.4 is 15.4 Å². The number of ether oxygens (including phenoxy) is 2. The maximum atomic E-state index is 14.9. The molecule has 4 aromatic rings. The van der Waals surface area contributed by atoms with Gasteiger partial charge in [-0.05, 0) is 18.2 Å². The SMILES string of the molecule is Cn1nc(C(C)(C)C)cc1NC(=O)Nc1ccc(Oc2ccnc(-c3cnn(CCN4CCOCC4)c3)c2)cc1F. The van der Waals surface area contributed by atoms with Crippen LogP contribution in [0.15, 0.2) is 55.0 Å². The largest absolute Gasteiger partial charge is 0.457 e. The molecule has 0 spiro atoms. The number of urea groups is 1. The van der Waals surface area contributed by atoms with Crippen molar-refractivity contribution in [3.63, 3.8) is 0 Å². The molecule has 11 nitrogen and oxygen atoms in total. The molecule has 0 atom stereocenters. The molecule has 1 saturated heterocycles. The minimum absolute atomic E-state index is 0.0213. The van der Waals surface area contributed by atoms with Crippen molar-refractivity contribution < 1.29 is 18.7 Å². The van der Waals surface area contributed by atoms with E-state index in [-0.39, 0.29) is 16.9 Å². The lowest BCUT2D eigenvalue weighted by atomic mass is 9.92. The summed E-state index contributed by atoms with van der Waals surface area (Å²) in [4.78, 5) is 19.3. The molecule has 2 N–H and O–H groups in total. The van der Waals surface area contributed by atoms with Crippen LogP contribution in [0, 0.1) is 5.82 Å². The Morgan fingerprint density at radius 2 is 1.85 bits per heavy atom. The summed E-state index contributed by atoms with van der Waals surface area (Å²) in [6.45, 7) is 11.2. The Morgan fingerprint density at radius 1 is 1.07 bits per heavy atom. The van der Waals surface area contributed by atoms with Gasteiger partial charge in [-0.3, -0.25) is 24.6 Å². The molecule has 3 aromatic heterocycles. The smallest absolute Gasteiger partial charge is 0.324 e. The number of aryl methyl sites for hydroxylation is 1. The molecule has 12 heteroatoms. The van der Waals surface area contributed by atoms with Gasteiger partial charge in [0, 0.05) is 68.3 Å². The van der Waals surface area contributed by atoms with E-state index >= 15 is 0 Å². The zero-order chi connectivity index (χ0) is 29.0. The van der Waals surface area contributed by atoms with E-state index < -0.39 is 11.8 Å². The van der Waals surface area contributed by atoms with Gasteiger partial charge >= 0.3 is 6.03 Å². The van der Waals surface area contributed by atoms with Gasteiger partial charge in [-0.25, -0.2) is 9.18 Å². The van der Waals surface area contributed by atoms with Crippen molar-refractivity contribution in [2.75, 3.05) is 43.5 Å². The molecule has 1 aliphatic rings. The second-order valence-electron chi connectivity index (χ2n) is 10.9. The summed E-state index contributed by atoms with van der Waals surface area (Å²) in [5.41, 5.74) is 2.24. The number of halogens is 1. The number of nitrogens with one attached hydrogen (secondary N) is 2. The first-order chi connectivity index (χ1) is 19.6. The van der Waals surface area contributed by atoms with Crippen LogP contribution in [0.2, 0.25) is 0 Å². The first-order valence-electron chi connectivity index (χ1n) is 13.5. The molecule has 0 radical (unpaired) electrons. The molecular formula is C29H35FN8O3. The number of hydrogen-bond donors (Lipinski definition) is 2. The third-order valence-corrected chi connectivity index (χ3v) is 6.72. The number of pyridine rings is 1. The van der Waals surface area contributed by atoms with E-state index in [1.807, 2.05) is 31.6 Å². The van der Waals surface area contributed by atoms with Gasteiger partial charge in [0.15, 0.2) is 0 Å². The number of aromatic nitrogens is 5. The molecule has 41 heavy (non-hydrogen) atoms. The van der Waals surface area contributed by atoms with E-state index in [9.17, 15) is 9.18 Å². The van der Waals surface area contributed by atoms with Crippen molar-refractivity contribution in [2.24, 2.45) is 7.05 Å². The number of nitrogens with zero attached hydrogens (tertiary/aromatic N) is 6. The summed E-state index contributed by atoms with van der Waals surface area (Å²) >= 11 is 0. The molecule has 0 aliphatic carbocycles. The first kappa shape index (κ1) is 28.2. The van der Waals surface area contributed by atoms with Crippen molar-refractivity contribution in [2.45, 2.75) is 32.7 Å². The highest BCUT2D eigenvalue weighted by Gasteiger charge is 2.20.